The molecule has 0 aromatic carbocycles. The Bertz CT molecular complexity index is 117. The van der Waals surface area contributed by atoms with Crippen molar-refractivity contribution in [2.45, 2.75) is 6.29 Å². The van der Waals surface area contributed by atoms with E-state index >= 15 is 0 Å². The molecule has 8 heteroatoms. The van der Waals surface area contributed by atoms with Crippen LogP contribution < -0.4 is 5.54 Å². The van der Waals surface area contributed by atoms with Gasteiger partial charge in [-0.1, -0.05) is 14.1 Å². The van der Waals surface area contributed by atoms with Crippen molar-refractivity contribution in [3.8, 4) is 0 Å². The summed E-state index contributed by atoms with van der Waals surface area (Å²) in [5, 5.41) is 0.715. The van der Waals surface area contributed by atoms with Crippen LogP contribution in [0.15, 0.2) is 5.11 Å². The van der Waals surface area contributed by atoms with Crippen molar-refractivity contribution >= 4 is 0 Å². The first kappa shape index (κ1) is 8.02. The molecule has 0 fully saturated rings. The average Bonchev–Trinajstić information content (AvgIpc) is 1.82. The van der Waals surface area contributed by atoms with Gasteiger partial charge in [0.1, 0.15) is 0 Å². The molecule has 1 unspecified atom stereocenters. The van der Waals surface area contributed by atoms with Gasteiger partial charge in [-0.05, 0) is 5.53 Å². The van der Waals surface area contributed by atoms with Gasteiger partial charge in [0.25, 0.3) is 0 Å². The van der Waals surface area contributed by atoms with Crippen LogP contribution in [-0.4, -0.2) is 11.6 Å². The lowest BCUT2D eigenvalue weighted by Crippen LogP contribution is -2.29. The van der Waals surface area contributed by atoms with Gasteiger partial charge in [-0.2, -0.15) is 0 Å². The Kier molecular flexibility index (Phi) is 3.52. The summed E-state index contributed by atoms with van der Waals surface area (Å²) in [6.07, 6.45) is -2.24. The zero-order chi connectivity index (χ0) is 7.28. The first-order valence-electron chi connectivity index (χ1n) is 1.73. The molecule has 52 valence electrons. The molecule has 1 atom stereocenters. The van der Waals surface area contributed by atoms with Crippen LogP contribution in [0.4, 0.5) is 13.4 Å². The van der Waals surface area contributed by atoms with Gasteiger partial charge >= 0.3 is 0 Å². The molecule has 0 bridgehead atoms. The van der Waals surface area contributed by atoms with E-state index in [2.05, 4.69) is 5.11 Å². The number of nitrogens with zero attached hydrogens (tertiary/aromatic N) is 4. The Hall–Kier alpha value is -0.980. The summed E-state index contributed by atoms with van der Waals surface area (Å²) in [5.41, 5.74) is 8.07. The second-order valence-electron chi connectivity index (χ2n) is 0.947. The quantitative estimate of drug-likeness (QED) is 0.210. The molecule has 0 aliphatic rings. The Morgan fingerprint density at radius 2 is 2.22 bits per heavy atom. The van der Waals surface area contributed by atoms with Crippen LogP contribution in [0.1, 0.15) is 0 Å². The largest absolute Gasteiger partial charge is 0.228 e. The zero-order valence-electron chi connectivity index (χ0n) is 4.00. The molecule has 0 rings (SSSR count). The summed E-state index contributed by atoms with van der Waals surface area (Å²) in [5.74, 6) is 0. The van der Waals surface area contributed by atoms with Crippen LogP contribution in [0.5, 0.6) is 0 Å². The third-order valence-corrected chi connectivity index (χ3v) is 0.443. The van der Waals surface area contributed by atoms with Crippen LogP contribution in [0.3, 0.4) is 0 Å². The molecule has 9 heavy (non-hydrogen) atoms. The molecule has 0 amide bonds. The fourth-order valence-corrected chi connectivity index (χ4v) is 0.147. The number of hydrogen-bond donors (Lipinski definition) is 1. The monoisotopic (exact) mass is 141 g/mol. The number of nitrogens with one attached hydrogen (secondary N) is 1. The molecule has 0 heterocycles. The second kappa shape index (κ2) is 3.96. The molecule has 0 aliphatic heterocycles. The van der Waals surface area contributed by atoms with Gasteiger partial charge < -0.3 is 0 Å². The van der Waals surface area contributed by atoms with Gasteiger partial charge in [0.15, 0.2) is 0 Å². The minimum absolute atomic E-state index is 0.558. The lowest BCUT2D eigenvalue weighted by atomic mass is 11.0. The predicted molar refractivity (Wildman–Crippen MR) is 21.2 cm³/mol. The molecule has 0 saturated carbocycles. The third kappa shape index (κ3) is 2.75. The van der Waals surface area contributed by atoms with Crippen LogP contribution in [-0.2, 0) is 0 Å². The van der Waals surface area contributed by atoms with E-state index in [9.17, 15) is 13.4 Å². The van der Waals surface area contributed by atoms with Gasteiger partial charge in [-0.25, -0.2) is 0 Å². The Labute approximate surface area is 47.5 Å². The summed E-state index contributed by atoms with van der Waals surface area (Å²) < 4.78 is 33.4. The van der Waals surface area contributed by atoms with E-state index in [1.807, 2.05) is 4.91 Å². The van der Waals surface area contributed by atoms with Crippen molar-refractivity contribution in [2.75, 3.05) is 0 Å². The predicted octanol–water partition coefficient (Wildman–Crippen LogP) is 1.13. The van der Waals surface area contributed by atoms with E-state index in [1.165, 1.54) is 0 Å². The first-order valence-corrected chi connectivity index (χ1v) is 1.73. The highest BCUT2D eigenvalue weighted by Gasteiger charge is 2.14. The molecule has 0 aromatic heterocycles. The smallest absolute Gasteiger partial charge is 0.136 e. The van der Waals surface area contributed by atoms with Gasteiger partial charge in [0.2, 0.25) is 6.29 Å². The van der Waals surface area contributed by atoms with E-state index in [0.29, 0.717) is 5.54 Å². The van der Waals surface area contributed by atoms with Crippen LogP contribution >= 0.6 is 0 Å². The highest BCUT2D eigenvalue weighted by molar-refractivity contribution is 4.48. The summed E-state index contributed by atoms with van der Waals surface area (Å²) >= 11 is 0. The summed E-state index contributed by atoms with van der Waals surface area (Å²) in [7, 11) is 0. The molecular formula is CH2F3N5. The fourth-order valence-electron chi connectivity index (χ4n) is 0.147. The third-order valence-electron chi connectivity index (χ3n) is 0.443. The Morgan fingerprint density at radius 1 is 1.67 bits per heavy atom. The zero-order valence-corrected chi connectivity index (χ0v) is 4.00. The van der Waals surface area contributed by atoms with E-state index in [4.69, 9.17) is 5.53 Å². The number of hydrogen-bond acceptors (Lipinski definition) is 3. The van der Waals surface area contributed by atoms with Crippen LogP contribution in [0.2, 0.25) is 0 Å². The number of halogens is 3. The average molecular weight is 141 g/mol. The molecule has 0 spiro atoms. The maximum Gasteiger partial charge on any atom is 0.228 e. The molecular weight excluding hydrogens is 139 g/mol. The summed E-state index contributed by atoms with van der Waals surface area (Å²) in [4.78, 5) is 1.93. The number of rotatable bonds is 3. The standard InChI is InChI=1S/CH2F3N5/c2-6-1(7-8-5)9(3)4/h1,6H. The van der Waals surface area contributed by atoms with Crippen molar-refractivity contribution in [3.05, 3.63) is 10.4 Å². The highest BCUT2D eigenvalue weighted by atomic mass is 19.4. The number of azide groups is 1. The minimum Gasteiger partial charge on any atom is -0.136 e. The molecule has 5 nitrogen and oxygen atoms in total. The minimum atomic E-state index is -2.24. The molecule has 0 radical (unpaired) electrons. The first-order chi connectivity index (χ1) is 4.22. The van der Waals surface area contributed by atoms with Crippen molar-refractivity contribution in [1.82, 2.24) is 10.9 Å². The molecule has 1 N–H and O–H groups in total. The van der Waals surface area contributed by atoms with Crippen molar-refractivity contribution < 1.29 is 13.4 Å². The van der Waals surface area contributed by atoms with E-state index in [0.717, 1.165) is 0 Å². The normalized spacial score (nSPS) is 12.9. The van der Waals surface area contributed by atoms with Crippen LogP contribution in [0, 0.1) is 0 Å². The van der Waals surface area contributed by atoms with Gasteiger partial charge in [0, 0.05) is 10.3 Å². The van der Waals surface area contributed by atoms with E-state index < -0.39 is 11.6 Å². The van der Waals surface area contributed by atoms with Crippen molar-refractivity contribution in [2.24, 2.45) is 5.11 Å². The van der Waals surface area contributed by atoms with E-state index in [1.54, 1.807) is 0 Å². The molecule has 0 saturated heterocycles. The van der Waals surface area contributed by atoms with Crippen molar-refractivity contribution in [3.63, 3.8) is 0 Å². The SMILES string of the molecule is [N-]=[N+]=NC(NF)N(F)F. The van der Waals surface area contributed by atoms with Gasteiger partial charge in [0.05, 0.1) is 0 Å². The van der Waals surface area contributed by atoms with Crippen LogP contribution in [0.25, 0.3) is 10.4 Å². The van der Waals surface area contributed by atoms with Crippen molar-refractivity contribution in [1.29, 1.82) is 0 Å². The fraction of sp³-hybridized carbons (Fsp3) is 1.00. The highest BCUT2D eigenvalue weighted by Crippen LogP contribution is 1.98. The van der Waals surface area contributed by atoms with Gasteiger partial charge in [-0.15, -0.1) is 10.0 Å². The Balaban J connectivity index is 3.82. The topological polar surface area (TPSA) is 64.0 Å². The molecule has 0 aromatic rings. The molecule has 0 aliphatic carbocycles. The Morgan fingerprint density at radius 3 is 2.33 bits per heavy atom. The summed E-state index contributed by atoms with van der Waals surface area (Å²) in [6, 6.07) is 0. The maximum absolute atomic E-state index is 11.2. The lowest BCUT2D eigenvalue weighted by Gasteiger charge is -2.03. The summed E-state index contributed by atoms with van der Waals surface area (Å²) in [6.45, 7) is 0. The lowest BCUT2D eigenvalue weighted by molar-refractivity contribution is -0.204. The van der Waals surface area contributed by atoms with Gasteiger partial charge in [-0.3, -0.25) is 0 Å². The second-order valence-corrected chi connectivity index (χ2v) is 0.947. The maximum atomic E-state index is 11.2. The van der Waals surface area contributed by atoms with E-state index in [-0.39, 0.29) is 0 Å².